The Morgan fingerprint density at radius 1 is 0.970 bits per heavy atom. The Labute approximate surface area is 195 Å². The van der Waals surface area contributed by atoms with Crippen LogP contribution in [0.25, 0.3) is 0 Å². The summed E-state index contributed by atoms with van der Waals surface area (Å²) in [5.74, 6) is -0.553. The summed E-state index contributed by atoms with van der Waals surface area (Å²) < 4.78 is 10.4. The number of benzene rings is 3. The first-order valence-corrected chi connectivity index (χ1v) is 10.1. The maximum absolute atomic E-state index is 12.3. The van der Waals surface area contributed by atoms with Crippen LogP contribution in [-0.2, 0) is 4.79 Å². The third-order valence-electron chi connectivity index (χ3n) is 4.33. The van der Waals surface area contributed by atoms with Gasteiger partial charge in [0.15, 0.2) is 0 Å². The number of hydrogen-bond acceptors (Lipinski definition) is 6. The number of carbonyl (C=O) groups is 3. The highest BCUT2D eigenvalue weighted by Crippen LogP contribution is 2.17. The topological polar surface area (TPSA) is 106 Å². The third kappa shape index (κ3) is 6.91. The van der Waals surface area contributed by atoms with E-state index in [0.717, 1.165) is 0 Å². The summed E-state index contributed by atoms with van der Waals surface area (Å²) in [4.78, 5) is 36.3. The smallest absolute Gasteiger partial charge is 0.343 e. The Hall–Kier alpha value is -4.17. The molecule has 33 heavy (non-hydrogen) atoms. The van der Waals surface area contributed by atoms with Gasteiger partial charge >= 0.3 is 5.97 Å². The molecule has 9 heteroatoms. The van der Waals surface area contributed by atoms with Crippen LogP contribution in [-0.4, -0.2) is 37.7 Å². The average Bonchev–Trinajstić information content (AvgIpc) is 2.83. The summed E-state index contributed by atoms with van der Waals surface area (Å²) in [5, 5.41) is 6.61. The molecule has 0 aliphatic rings. The number of nitrogens with zero attached hydrogens (tertiary/aromatic N) is 1. The van der Waals surface area contributed by atoms with Gasteiger partial charge in [0.05, 0.1) is 36.0 Å². The van der Waals surface area contributed by atoms with E-state index in [4.69, 9.17) is 21.1 Å². The molecule has 0 fully saturated rings. The zero-order valence-electron chi connectivity index (χ0n) is 17.6. The second kappa shape index (κ2) is 11.4. The molecule has 0 saturated heterocycles. The lowest BCUT2D eigenvalue weighted by atomic mass is 10.2. The van der Waals surface area contributed by atoms with Gasteiger partial charge in [0.25, 0.3) is 11.8 Å². The van der Waals surface area contributed by atoms with Gasteiger partial charge in [0.2, 0.25) is 0 Å². The molecule has 0 atom stereocenters. The second-order valence-electron chi connectivity index (χ2n) is 6.65. The van der Waals surface area contributed by atoms with Gasteiger partial charge in [-0.15, -0.1) is 0 Å². The molecular formula is C24H20ClN3O5. The van der Waals surface area contributed by atoms with Crippen molar-refractivity contribution in [3.8, 4) is 11.5 Å². The van der Waals surface area contributed by atoms with Crippen LogP contribution in [0, 0.1) is 0 Å². The first-order valence-electron chi connectivity index (χ1n) is 9.77. The summed E-state index contributed by atoms with van der Waals surface area (Å²) in [7, 11) is 1.54. The zero-order chi connectivity index (χ0) is 23.6. The SMILES string of the molecule is COc1ccc(C(=O)Oc2cccc(C=NNC(=O)CNC(=O)c3ccccc3Cl)c2)cc1. The largest absolute Gasteiger partial charge is 0.497 e. The molecule has 0 radical (unpaired) electrons. The van der Waals surface area contributed by atoms with E-state index in [1.165, 1.54) is 6.21 Å². The van der Waals surface area contributed by atoms with Gasteiger partial charge in [0.1, 0.15) is 11.5 Å². The molecule has 0 aliphatic carbocycles. The van der Waals surface area contributed by atoms with E-state index in [-0.39, 0.29) is 12.1 Å². The van der Waals surface area contributed by atoms with Crippen molar-refractivity contribution >= 4 is 35.6 Å². The number of esters is 1. The molecule has 2 amide bonds. The first kappa shape index (κ1) is 23.5. The number of nitrogens with one attached hydrogen (secondary N) is 2. The van der Waals surface area contributed by atoms with Crippen LogP contribution in [0.2, 0.25) is 5.02 Å². The molecule has 0 aliphatic heterocycles. The van der Waals surface area contributed by atoms with E-state index in [2.05, 4.69) is 15.8 Å². The van der Waals surface area contributed by atoms with Crippen LogP contribution >= 0.6 is 11.6 Å². The maximum Gasteiger partial charge on any atom is 0.343 e. The number of halogens is 1. The lowest BCUT2D eigenvalue weighted by Gasteiger charge is -2.06. The number of methoxy groups -OCH3 is 1. The molecule has 0 bridgehead atoms. The first-order chi connectivity index (χ1) is 16.0. The van der Waals surface area contributed by atoms with Crippen LogP contribution in [0.4, 0.5) is 0 Å². The molecule has 0 saturated carbocycles. The summed E-state index contributed by atoms with van der Waals surface area (Å²) in [6.45, 7) is -0.277. The van der Waals surface area contributed by atoms with Gasteiger partial charge in [-0.25, -0.2) is 10.2 Å². The van der Waals surface area contributed by atoms with E-state index in [0.29, 0.717) is 27.6 Å². The van der Waals surface area contributed by atoms with Crippen LogP contribution < -0.4 is 20.2 Å². The van der Waals surface area contributed by atoms with Gasteiger partial charge in [0, 0.05) is 0 Å². The fourth-order valence-electron chi connectivity index (χ4n) is 2.67. The minimum absolute atomic E-state index is 0.275. The maximum atomic E-state index is 12.3. The minimum Gasteiger partial charge on any atom is -0.497 e. The summed E-state index contributed by atoms with van der Waals surface area (Å²) in [5.41, 5.74) is 3.56. The lowest BCUT2D eigenvalue weighted by Crippen LogP contribution is -2.35. The Bertz CT molecular complexity index is 1180. The lowest BCUT2D eigenvalue weighted by molar-refractivity contribution is -0.120. The monoisotopic (exact) mass is 465 g/mol. The van der Waals surface area contributed by atoms with Crippen molar-refractivity contribution in [3.63, 3.8) is 0 Å². The number of amides is 2. The van der Waals surface area contributed by atoms with Crippen molar-refractivity contribution in [2.45, 2.75) is 0 Å². The predicted octanol–water partition coefficient (Wildman–Crippen LogP) is 3.45. The van der Waals surface area contributed by atoms with Crippen molar-refractivity contribution in [3.05, 3.63) is 94.5 Å². The van der Waals surface area contributed by atoms with E-state index in [1.54, 1.807) is 79.9 Å². The Morgan fingerprint density at radius 3 is 2.45 bits per heavy atom. The summed E-state index contributed by atoms with van der Waals surface area (Å²) >= 11 is 5.96. The van der Waals surface area contributed by atoms with Crippen LogP contribution in [0.3, 0.4) is 0 Å². The molecule has 8 nitrogen and oxygen atoms in total. The highest BCUT2D eigenvalue weighted by Gasteiger charge is 2.11. The van der Waals surface area contributed by atoms with E-state index in [9.17, 15) is 14.4 Å². The van der Waals surface area contributed by atoms with Crippen molar-refractivity contribution in [1.29, 1.82) is 0 Å². The quantitative estimate of drug-likeness (QED) is 0.229. The fourth-order valence-corrected chi connectivity index (χ4v) is 2.89. The Kier molecular flexibility index (Phi) is 8.15. The molecule has 0 unspecified atom stereocenters. The van der Waals surface area contributed by atoms with Crippen LogP contribution in [0.5, 0.6) is 11.5 Å². The summed E-state index contributed by atoms with van der Waals surface area (Å²) in [6, 6.07) is 19.7. The van der Waals surface area contributed by atoms with Crippen molar-refractivity contribution in [1.82, 2.24) is 10.7 Å². The second-order valence-corrected chi connectivity index (χ2v) is 7.05. The van der Waals surface area contributed by atoms with E-state index in [1.807, 2.05) is 0 Å². The minimum atomic E-state index is -0.520. The van der Waals surface area contributed by atoms with Crippen LogP contribution in [0.1, 0.15) is 26.3 Å². The average molecular weight is 466 g/mol. The van der Waals surface area contributed by atoms with Crippen LogP contribution in [0.15, 0.2) is 77.9 Å². The Morgan fingerprint density at radius 2 is 1.73 bits per heavy atom. The highest BCUT2D eigenvalue weighted by molar-refractivity contribution is 6.33. The van der Waals surface area contributed by atoms with Crippen molar-refractivity contribution in [2.24, 2.45) is 5.10 Å². The molecule has 0 aromatic heterocycles. The third-order valence-corrected chi connectivity index (χ3v) is 4.65. The molecule has 3 aromatic rings. The molecule has 0 spiro atoms. The number of hydrazone groups is 1. The Balaban J connectivity index is 1.50. The summed E-state index contributed by atoms with van der Waals surface area (Å²) in [6.07, 6.45) is 1.39. The zero-order valence-corrected chi connectivity index (χ0v) is 18.3. The van der Waals surface area contributed by atoms with Gasteiger partial charge in [-0.3, -0.25) is 9.59 Å². The highest BCUT2D eigenvalue weighted by atomic mass is 35.5. The molecule has 0 heterocycles. The van der Waals surface area contributed by atoms with Gasteiger partial charge < -0.3 is 14.8 Å². The van der Waals surface area contributed by atoms with Gasteiger partial charge in [-0.2, -0.15) is 5.10 Å². The van der Waals surface area contributed by atoms with Crippen molar-refractivity contribution < 1.29 is 23.9 Å². The van der Waals surface area contributed by atoms with Crippen molar-refractivity contribution in [2.75, 3.05) is 13.7 Å². The molecular weight excluding hydrogens is 446 g/mol. The van der Waals surface area contributed by atoms with E-state index >= 15 is 0 Å². The molecule has 3 aromatic carbocycles. The fraction of sp³-hybridized carbons (Fsp3) is 0.0833. The molecule has 168 valence electrons. The normalized spacial score (nSPS) is 10.5. The molecule has 3 rings (SSSR count). The van der Waals surface area contributed by atoms with Gasteiger partial charge in [-0.1, -0.05) is 35.9 Å². The standard InChI is InChI=1S/C24H20ClN3O5/c1-32-18-11-9-17(10-12-18)24(31)33-19-6-4-5-16(13-19)14-27-28-22(29)15-26-23(30)20-7-2-3-8-21(20)25/h2-14H,15H2,1H3,(H,26,30)(H,28,29). The van der Waals surface area contributed by atoms with E-state index < -0.39 is 17.8 Å². The predicted molar refractivity (Wildman–Crippen MR) is 124 cm³/mol. The number of carbonyl (C=O) groups excluding carboxylic acids is 3. The molecule has 2 N–H and O–H groups in total. The van der Waals surface area contributed by atoms with Gasteiger partial charge in [-0.05, 0) is 54.1 Å². The number of rotatable bonds is 8. The number of ether oxygens (including phenoxy) is 2. The number of hydrogen-bond donors (Lipinski definition) is 2.